The predicted molar refractivity (Wildman–Crippen MR) is 68.8 cm³/mol. The van der Waals surface area contributed by atoms with Gasteiger partial charge in [0, 0.05) is 32.2 Å². The van der Waals surface area contributed by atoms with Crippen LogP contribution < -0.4 is 16.6 Å². The molecule has 1 heterocycles. The van der Waals surface area contributed by atoms with Crippen molar-refractivity contribution in [3.8, 4) is 0 Å². The summed E-state index contributed by atoms with van der Waals surface area (Å²) in [7, 11) is 0. The summed E-state index contributed by atoms with van der Waals surface area (Å²) in [5.74, 6) is 7.54. The molecule has 17 heavy (non-hydrogen) atoms. The molecule has 0 saturated carbocycles. The monoisotopic (exact) mass is 239 g/mol. The van der Waals surface area contributed by atoms with E-state index in [4.69, 9.17) is 10.6 Å². The maximum Gasteiger partial charge on any atom is 0.145 e. The Bertz CT molecular complexity index is 309. The summed E-state index contributed by atoms with van der Waals surface area (Å²) in [5.41, 5.74) is 2.54. The van der Waals surface area contributed by atoms with Gasteiger partial charge in [-0.2, -0.15) is 0 Å². The van der Waals surface area contributed by atoms with E-state index >= 15 is 0 Å². The van der Waals surface area contributed by atoms with Gasteiger partial charge in [0.25, 0.3) is 0 Å². The average molecular weight is 239 g/mol. The SMILES string of the molecule is CCOCCCNc1cc(NN)nc(CC)n1. The Balaban J connectivity index is 2.46. The molecule has 0 aliphatic carbocycles. The number of rotatable bonds is 8. The number of nitrogen functional groups attached to an aromatic ring is 1. The van der Waals surface area contributed by atoms with Crippen LogP contribution >= 0.6 is 0 Å². The molecule has 0 aliphatic heterocycles. The summed E-state index contributed by atoms with van der Waals surface area (Å²) in [6.07, 6.45) is 1.73. The summed E-state index contributed by atoms with van der Waals surface area (Å²) in [4.78, 5) is 8.58. The summed E-state index contributed by atoms with van der Waals surface area (Å²) >= 11 is 0. The Morgan fingerprint density at radius 1 is 1.29 bits per heavy atom. The molecule has 0 radical (unpaired) electrons. The zero-order valence-electron chi connectivity index (χ0n) is 10.5. The highest BCUT2D eigenvalue weighted by Crippen LogP contribution is 2.10. The fourth-order valence-corrected chi connectivity index (χ4v) is 1.35. The fraction of sp³-hybridized carbons (Fsp3) is 0.636. The van der Waals surface area contributed by atoms with E-state index in [1.807, 2.05) is 13.8 Å². The lowest BCUT2D eigenvalue weighted by atomic mass is 10.4. The molecule has 96 valence electrons. The Labute approximate surface area is 102 Å². The van der Waals surface area contributed by atoms with Gasteiger partial charge < -0.3 is 15.5 Å². The molecule has 0 atom stereocenters. The second-order valence-electron chi connectivity index (χ2n) is 3.53. The Morgan fingerprint density at radius 2 is 2.06 bits per heavy atom. The van der Waals surface area contributed by atoms with Crippen LogP contribution in [0, 0.1) is 0 Å². The number of hydrazine groups is 1. The van der Waals surface area contributed by atoms with Crippen LogP contribution in [0.2, 0.25) is 0 Å². The maximum atomic E-state index is 5.35. The van der Waals surface area contributed by atoms with Gasteiger partial charge in [-0.3, -0.25) is 0 Å². The van der Waals surface area contributed by atoms with Crippen LogP contribution in [0.5, 0.6) is 0 Å². The molecule has 0 spiro atoms. The van der Waals surface area contributed by atoms with Crippen LogP contribution in [0.1, 0.15) is 26.1 Å². The van der Waals surface area contributed by atoms with Crippen molar-refractivity contribution in [2.24, 2.45) is 5.84 Å². The Morgan fingerprint density at radius 3 is 2.71 bits per heavy atom. The standard InChI is InChI=1S/C11H21N5O/c1-3-9-14-10(8-11(15-9)16-12)13-6-5-7-17-4-2/h8H,3-7,12H2,1-2H3,(H2,13,14,15,16). The van der Waals surface area contributed by atoms with Crippen molar-refractivity contribution >= 4 is 11.6 Å². The lowest BCUT2D eigenvalue weighted by molar-refractivity contribution is 0.147. The van der Waals surface area contributed by atoms with Gasteiger partial charge in [0.05, 0.1) is 0 Å². The molecule has 0 fully saturated rings. The molecule has 0 unspecified atom stereocenters. The number of hydrogen-bond donors (Lipinski definition) is 3. The summed E-state index contributed by atoms with van der Waals surface area (Å²) < 4.78 is 5.26. The molecule has 0 aliphatic rings. The van der Waals surface area contributed by atoms with E-state index in [0.29, 0.717) is 5.82 Å². The molecule has 1 aromatic rings. The first-order chi connectivity index (χ1) is 8.30. The predicted octanol–water partition coefficient (Wildman–Crippen LogP) is 1.16. The topological polar surface area (TPSA) is 85.1 Å². The van der Waals surface area contributed by atoms with Crippen molar-refractivity contribution in [2.75, 3.05) is 30.5 Å². The number of aromatic nitrogens is 2. The van der Waals surface area contributed by atoms with Gasteiger partial charge in [-0.25, -0.2) is 15.8 Å². The van der Waals surface area contributed by atoms with Crippen LogP contribution in [0.25, 0.3) is 0 Å². The highest BCUT2D eigenvalue weighted by Gasteiger charge is 2.01. The van der Waals surface area contributed by atoms with Gasteiger partial charge in [0.15, 0.2) is 0 Å². The second kappa shape index (κ2) is 7.81. The zero-order valence-corrected chi connectivity index (χ0v) is 10.5. The van der Waals surface area contributed by atoms with Gasteiger partial charge in [0.2, 0.25) is 0 Å². The van der Waals surface area contributed by atoms with Crippen molar-refractivity contribution in [1.29, 1.82) is 0 Å². The first-order valence-electron chi connectivity index (χ1n) is 5.96. The first kappa shape index (κ1) is 13.7. The van der Waals surface area contributed by atoms with Gasteiger partial charge in [-0.05, 0) is 13.3 Å². The van der Waals surface area contributed by atoms with Crippen LogP contribution in [0.15, 0.2) is 6.07 Å². The smallest absolute Gasteiger partial charge is 0.145 e. The maximum absolute atomic E-state index is 5.35. The molecule has 6 heteroatoms. The van der Waals surface area contributed by atoms with E-state index in [2.05, 4.69) is 20.7 Å². The van der Waals surface area contributed by atoms with Crippen LogP contribution in [0.3, 0.4) is 0 Å². The van der Waals surface area contributed by atoms with Crippen molar-refractivity contribution in [3.05, 3.63) is 11.9 Å². The second-order valence-corrected chi connectivity index (χ2v) is 3.53. The molecule has 0 bridgehead atoms. The molecule has 0 amide bonds. The third-order valence-electron chi connectivity index (χ3n) is 2.21. The number of nitrogens with zero attached hydrogens (tertiary/aromatic N) is 2. The minimum Gasteiger partial charge on any atom is -0.382 e. The highest BCUT2D eigenvalue weighted by atomic mass is 16.5. The third-order valence-corrected chi connectivity index (χ3v) is 2.21. The number of anilines is 2. The van der Waals surface area contributed by atoms with Crippen LogP contribution in [-0.4, -0.2) is 29.7 Å². The molecule has 1 aromatic heterocycles. The van der Waals surface area contributed by atoms with Gasteiger partial charge in [-0.15, -0.1) is 0 Å². The Hall–Kier alpha value is -1.40. The van der Waals surface area contributed by atoms with Crippen molar-refractivity contribution in [2.45, 2.75) is 26.7 Å². The summed E-state index contributed by atoms with van der Waals surface area (Å²) in [6, 6.07) is 1.79. The van der Waals surface area contributed by atoms with Crippen molar-refractivity contribution < 1.29 is 4.74 Å². The number of nitrogens with one attached hydrogen (secondary N) is 2. The molecule has 0 aromatic carbocycles. The first-order valence-corrected chi connectivity index (χ1v) is 5.96. The van der Waals surface area contributed by atoms with Gasteiger partial charge in [0.1, 0.15) is 17.5 Å². The minimum absolute atomic E-state index is 0.629. The van der Waals surface area contributed by atoms with E-state index in [-0.39, 0.29) is 0 Å². The summed E-state index contributed by atoms with van der Waals surface area (Å²) in [6.45, 7) is 6.34. The fourth-order valence-electron chi connectivity index (χ4n) is 1.35. The molecule has 6 nitrogen and oxygen atoms in total. The molecule has 4 N–H and O–H groups in total. The lowest BCUT2D eigenvalue weighted by Crippen LogP contribution is -2.13. The highest BCUT2D eigenvalue weighted by molar-refractivity contribution is 5.46. The quantitative estimate of drug-likeness (QED) is 0.358. The number of ether oxygens (including phenoxy) is 1. The van der Waals surface area contributed by atoms with E-state index in [0.717, 1.165) is 44.2 Å². The molecule has 0 saturated heterocycles. The number of nitrogens with two attached hydrogens (primary N) is 1. The van der Waals surface area contributed by atoms with E-state index in [1.54, 1.807) is 6.07 Å². The number of aryl methyl sites for hydroxylation is 1. The van der Waals surface area contributed by atoms with E-state index in [9.17, 15) is 0 Å². The van der Waals surface area contributed by atoms with Gasteiger partial charge >= 0.3 is 0 Å². The van der Waals surface area contributed by atoms with E-state index < -0.39 is 0 Å². The largest absolute Gasteiger partial charge is 0.382 e. The van der Waals surface area contributed by atoms with E-state index in [1.165, 1.54) is 0 Å². The lowest BCUT2D eigenvalue weighted by Gasteiger charge is -2.08. The van der Waals surface area contributed by atoms with Crippen molar-refractivity contribution in [3.63, 3.8) is 0 Å². The average Bonchev–Trinajstić information content (AvgIpc) is 2.38. The molecular formula is C11H21N5O. The van der Waals surface area contributed by atoms with Crippen LogP contribution in [0.4, 0.5) is 11.6 Å². The Kier molecular flexibility index (Phi) is 6.27. The normalized spacial score (nSPS) is 10.3. The molecular weight excluding hydrogens is 218 g/mol. The third kappa shape index (κ3) is 4.97. The van der Waals surface area contributed by atoms with Crippen molar-refractivity contribution in [1.82, 2.24) is 9.97 Å². The van der Waals surface area contributed by atoms with Gasteiger partial charge in [-0.1, -0.05) is 6.92 Å². The minimum atomic E-state index is 0.629. The number of hydrogen-bond acceptors (Lipinski definition) is 6. The molecule has 1 rings (SSSR count). The zero-order chi connectivity index (χ0) is 12.5. The van der Waals surface area contributed by atoms with Crippen LogP contribution in [-0.2, 0) is 11.2 Å². The summed E-state index contributed by atoms with van der Waals surface area (Å²) in [5, 5.41) is 3.23.